The molecule has 0 heterocycles. The molecule has 5 heteroatoms. The molecule has 0 aliphatic rings. The van der Waals surface area contributed by atoms with Gasteiger partial charge in [0.05, 0.1) is 12.1 Å². The molecule has 0 saturated carbocycles. The SMILES string of the molecule is CCO[P+](=O)C(N([OH2+])C(C)(C)C)C(C)(C)C. The van der Waals surface area contributed by atoms with Crippen LogP contribution in [0.2, 0.25) is 0 Å². The number of hydroxylamine groups is 2. The lowest BCUT2D eigenvalue weighted by Crippen LogP contribution is -2.49. The lowest BCUT2D eigenvalue weighted by molar-refractivity contribution is -0.187. The van der Waals surface area contributed by atoms with Crippen molar-refractivity contribution in [1.29, 1.82) is 0 Å². The van der Waals surface area contributed by atoms with Gasteiger partial charge < -0.3 is 5.21 Å². The minimum absolute atomic E-state index is 0.252. The van der Waals surface area contributed by atoms with E-state index in [1.807, 2.05) is 48.5 Å². The van der Waals surface area contributed by atoms with Gasteiger partial charge in [0.15, 0.2) is 0 Å². The van der Waals surface area contributed by atoms with Gasteiger partial charge in [-0.05, 0) is 37.3 Å². The number of nitrogens with zero attached hydrogens (tertiary/aromatic N) is 1. The average molecular weight is 251 g/mol. The zero-order valence-corrected chi connectivity index (χ0v) is 12.4. The lowest BCUT2D eigenvalue weighted by Gasteiger charge is -2.31. The van der Waals surface area contributed by atoms with Gasteiger partial charge in [0.2, 0.25) is 0 Å². The fraction of sp³-hybridized carbons (Fsp3) is 1.00. The van der Waals surface area contributed by atoms with Crippen molar-refractivity contribution in [3.63, 3.8) is 0 Å². The number of hydrogen-bond donors (Lipinski definition) is 0. The maximum atomic E-state index is 12.0. The predicted molar refractivity (Wildman–Crippen MR) is 67.7 cm³/mol. The Bertz CT molecular complexity index is 243. The van der Waals surface area contributed by atoms with E-state index in [-0.39, 0.29) is 11.0 Å². The summed E-state index contributed by atoms with van der Waals surface area (Å²) >= 11 is 0. The summed E-state index contributed by atoms with van der Waals surface area (Å²) < 4.78 is 17.2. The van der Waals surface area contributed by atoms with E-state index in [1.165, 1.54) is 5.06 Å². The summed E-state index contributed by atoms with van der Waals surface area (Å²) in [7, 11) is -1.85. The van der Waals surface area contributed by atoms with E-state index in [4.69, 9.17) is 9.73 Å². The van der Waals surface area contributed by atoms with E-state index in [9.17, 15) is 4.57 Å². The van der Waals surface area contributed by atoms with Crippen LogP contribution in [0.1, 0.15) is 48.5 Å². The van der Waals surface area contributed by atoms with Crippen LogP contribution in [0.4, 0.5) is 0 Å². The largest absolute Gasteiger partial charge is 0.535 e. The molecule has 0 aromatic heterocycles. The fourth-order valence-corrected chi connectivity index (χ4v) is 2.93. The Kier molecular flexibility index (Phi) is 5.54. The van der Waals surface area contributed by atoms with Crippen molar-refractivity contribution < 1.29 is 14.3 Å². The molecular formula is C11H26NO3P+2. The third-order valence-corrected chi connectivity index (χ3v) is 4.12. The second-order valence-corrected chi connectivity index (χ2v) is 7.30. The molecule has 0 aliphatic carbocycles. The van der Waals surface area contributed by atoms with Crippen LogP contribution < -0.4 is 0 Å². The van der Waals surface area contributed by atoms with Crippen molar-refractivity contribution in [2.75, 3.05) is 6.61 Å². The Morgan fingerprint density at radius 1 is 1.25 bits per heavy atom. The Morgan fingerprint density at radius 2 is 1.69 bits per heavy atom. The van der Waals surface area contributed by atoms with Gasteiger partial charge in [0.1, 0.15) is 0 Å². The molecule has 2 N–H and O–H groups in total. The monoisotopic (exact) mass is 251 g/mol. The summed E-state index contributed by atoms with van der Waals surface area (Å²) in [5.41, 5.74) is -0.600. The van der Waals surface area contributed by atoms with Crippen LogP contribution in [0.25, 0.3) is 0 Å². The van der Waals surface area contributed by atoms with Crippen LogP contribution >= 0.6 is 8.03 Å². The fourth-order valence-electron chi connectivity index (χ4n) is 1.36. The average Bonchev–Trinajstić information content (AvgIpc) is 1.99. The van der Waals surface area contributed by atoms with Gasteiger partial charge in [-0.3, -0.25) is 0 Å². The van der Waals surface area contributed by atoms with Gasteiger partial charge >= 0.3 is 13.8 Å². The molecule has 0 spiro atoms. The highest BCUT2D eigenvalue weighted by atomic mass is 31.1. The Hall–Kier alpha value is -0.0200. The molecule has 2 atom stereocenters. The van der Waals surface area contributed by atoms with Crippen LogP contribution in [-0.4, -0.2) is 28.2 Å². The first kappa shape index (κ1) is 16.0. The van der Waals surface area contributed by atoms with E-state index in [2.05, 4.69) is 0 Å². The zero-order chi connectivity index (χ0) is 13.1. The van der Waals surface area contributed by atoms with E-state index < -0.39 is 13.8 Å². The van der Waals surface area contributed by atoms with Crippen LogP contribution in [0.15, 0.2) is 0 Å². The topological polar surface area (TPSA) is 52.4 Å². The second kappa shape index (κ2) is 5.54. The molecule has 0 bridgehead atoms. The first-order valence-electron chi connectivity index (χ1n) is 5.61. The highest BCUT2D eigenvalue weighted by Gasteiger charge is 2.53. The molecule has 16 heavy (non-hydrogen) atoms. The van der Waals surface area contributed by atoms with Crippen LogP contribution in [0.3, 0.4) is 0 Å². The first-order valence-corrected chi connectivity index (χ1v) is 6.86. The molecule has 0 fully saturated rings. The molecule has 96 valence electrons. The highest BCUT2D eigenvalue weighted by Crippen LogP contribution is 2.44. The van der Waals surface area contributed by atoms with E-state index in [1.54, 1.807) is 0 Å². The van der Waals surface area contributed by atoms with Crippen LogP contribution in [-0.2, 0) is 9.09 Å². The van der Waals surface area contributed by atoms with Gasteiger partial charge in [-0.15, -0.1) is 4.52 Å². The molecule has 0 amide bonds. The first-order chi connectivity index (χ1) is 7.01. The van der Waals surface area contributed by atoms with Crippen molar-refractivity contribution in [2.24, 2.45) is 5.41 Å². The number of rotatable bonds is 4. The van der Waals surface area contributed by atoms with Crippen LogP contribution in [0.5, 0.6) is 0 Å². The van der Waals surface area contributed by atoms with Crippen molar-refractivity contribution in [3.8, 4) is 0 Å². The zero-order valence-electron chi connectivity index (χ0n) is 11.5. The quantitative estimate of drug-likeness (QED) is 0.438. The van der Waals surface area contributed by atoms with Crippen molar-refractivity contribution in [3.05, 3.63) is 0 Å². The van der Waals surface area contributed by atoms with Gasteiger partial charge in [0.25, 0.3) is 0 Å². The van der Waals surface area contributed by atoms with Gasteiger partial charge in [-0.1, -0.05) is 20.8 Å². The summed E-state index contributed by atoms with van der Waals surface area (Å²) in [6, 6.07) is 0. The second-order valence-electron chi connectivity index (χ2n) is 5.98. The van der Waals surface area contributed by atoms with Crippen molar-refractivity contribution >= 4 is 8.03 Å². The summed E-state index contributed by atoms with van der Waals surface area (Å²) in [4.78, 5) is 0. The number of hydrogen-bond acceptors (Lipinski definition) is 3. The third-order valence-electron chi connectivity index (χ3n) is 2.20. The van der Waals surface area contributed by atoms with Gasteiger partial charge in [-0.25, -0.2) is 0 Å². The minimum Gasteiger partial charge on any atom is -0.334 e. The van der Waals surface area contributed by atoms with E-state index in [0.29, 0.717) is 6.61 Å². The molecular weight excluding hydrogens is 225 g/mol. The predicted octanol–water partition coefficient (Wildman–Crippen LogP) is 2.88. The Balaban J connectivity index is 5.04. The maximum absolute atomic E-state index is 12.0. The van der Waals surface area contributed by atoms with E-state index in [0.717, 1.165) is 0 Å². The maximum Gasteiger partial charge on any atom is 0.535 e. The summed E-state index contributed by atoms with van der Waals surface area (Å²) in [5, 5.41) is 9.52. The normalized spacial score (nSPS) is 16.4. The minimum atomic E-state index is -1.85. The summed E-state index contributed by atoms with van der Waals surface area (Å²) in [5.74, 6) is -0.401. The molecule has 4 nitrogen and oxygen atoms in total. The van der Waals surface area contributed by atoms with Gasteiger partial charge in [-0.2, -0.15) is 0 Å². The lowest BCUT2D eigenvalue weighted by atomic mass is 9.94. The van der Waals surface area contributed by atoms with Crippen molar-refractivity contribution in [1.82, 2.24) is 5.06 Å². The van der Waals surface area contributed by atoms with Crippen molar-refractivity contribution in [2.45, 2.75) is 59.8 Å². The molecule has 0 saturated heterocycles. The third kappa shape index (κ3) is 4.46. The molecule has 0 rings (SSSR count). The molecule has 0 radical (unpaired) electrons. The summed E-state index contributed by atoms with van der Waals surface area (Å²) in [6.45, 7) is 14.0. The highest BCUT2D eigenvalue weighted by molar-refractivity contribution is 7.40. The standard InChI is InChI=1S/C11H25NO3P/c1-8-15-16(14)9(10(2,3)4)12(13)11(5,6)7/h9,13H,8H2,1-7H3/q+1/p+1. The van der Waals surface area contributed by atoms with E-state index >= 15 is 0 Å². The van der Waals surface area contributed by atoms with Gasteiger partial charge in [0, 0.05) is 5.41 Å². The smallest absolute Gasteiger partial charge is 0.334 e. The van der Waals surface area contributed by atoms with Crippen LogP contribution in [0, 0.1) is 5.41 Å². The molecule has 0 aliphatic heterocycles. The molecule has 2 unspecified atom stereocenters. The molecule has 0 aromatic rings. The Morgan fingerprint density at radius 3 is 1.94 bits per heavy atom. The molecule has 0 aromatic carbocycles. The Labute approximate surface area is 99.8 Å². The summed E-state index contributed by atoms with van der Waals surface area (Å²) in [6.07, 6.45) is 0.